The minimum atomic E-state index is -3.38. The van der Waals surface area contributed by atoms with Gasteiger partial charge in [0.1, 0.15) is 5.75 Å². The van der Waals surface area contributed by atoms with E-state index in [4.69, 9.17) is 14.3 Å². The summed E-state index contributed by atoms with van der Waals surface area (Å²) in [5, 5.41) is 9.20. The van der Waals surface area contributed by atoms with Crippen molar-refractivity contribution in [3.8, 4) is 11.8 Å². The summed E-state index contributed by atoms with van der Waals surface area (Å²) in [5.41, 5.74) is 0.513. The Morgan fingerprint density at radius 1 is 1.05 bits per heavy atom. The number of hydrogen-bond donors (Lipinski definition) is 0. The molecule has 0 bridgehead atoms. The van der Waals surface area contributed by atoms with E-state index in [1.807, 2.05) is 12.1 Å². The molecular weight excluding hydrogens is 261 g/mol. The van der Waals surface area contributed by atoms with E-state index < -0.39 is 7.60 Å². The van der Waals surface area contributed by atoms with Crippen molar-refractivity contribution in [1.82, 2.24) is 0 Å². The van der Waals surface area contributed by atoms with Crippen molar-refractivity contribution in [2.75, 3.05) is 7.11 Å². The van der Waals surface area contributed by atoms with Crippen LogP contribution in [0.2, 0.25) is 0 Å². The molecule has 19 heavy (non-hydrogen) atoms. The van der Waals surface area contributed by atoms with Crippen LogP contribution in [-0.2, 0) is 9.09 Å². The Morgan fingerprint density at radius 3 is 2.21 bits per heavy atom. The lowest BCUT2D eigenvalue weighted by Gasteiger charge is -2.17. The van der Waals surface area contributed by atoms with Gasteiger partial charge in [-0.1, -0.05) is 18.2 Å². The third kappa shape index (κ3) is 3.03. The molecule has 96 valence electrons. The second-order valence-electron chi connectivity index (χ2n) is 3.74. The Hall–Kier alpha value is -2.08. The van der Waals surface area contributed by atoms with Gasteiger partial charge in [-0.3, -0.25) is 4.52 Å². The van der Waals surface area contributed by atoms with Gasteiger partial charge >= 0.3 is 7.60 Å². The van der Waals surface area contributed by atoms with Gasteiger partial charge in [-0.2, -0.15) is 5.26 Å². The zero-order chi connectivity index (χ0) is 13.7. The molecule has 0 spiro atoms. The standard InChI is InChI=1S/C14H12NO3P/c1-17-19(16,14-5-3-2-4-6-14)18-13-9-7-12(11-15)8-10-13/h2-10H,1H3. The molecule has 0 fully saturated rings. The third-order valence-electron chi connectivity index (χ3n) is 2.52. The summed E-state index contributed by atoms with van der Waals surface area (Å²) < 4.78 is 23.1. The normalized spacial score (nSPS) is 13.3. The van der Waals surface area contributed by atoms with Crippen LogP contribution in [0, 0.1) is 11.3 Å². The largest absolute Gasteiger partial charge is 0.421 e. The Balaban J connectivity index is 2.28. The third-order valence-corrected chi connectivity index (χ3v) is 4.38. The highest BCUT2D eigenvalue weighted by Crippen LogP contribution is 2.46. The molecule has 1 atom stereocenters. The zero-order valence-corrected chi connectivity index (χ0v) is 11.2. The summed E-state index contributed by atoms with van der Waals surface area (Å²) in [5.74, 6) is 0.396. The molecule has 0 radical (unpaired) electrons. The van der Waals surface area contributed by atoms with Crippen molar-refractivity contribution in [1.29, 1.82) is 5.26 Å². The molecule has 0 aliphatic heterocycles. The first-order valence-electron chi connectivity index (χ1n) is 5.59. The molecule has 0 saturated carbocycles. The van der Waals surface area contributed by atoms with Gasteiger partial charge in [-0.05, 0) is 36.4 Å². The average molecular weight is 273 g/mol. The molecule has 4 nitrogen and oxygen atoms in total. The number of rotatable bonds is 4. The first kappa shape index (κ1) is 13.4. The van der Waals surface area contributed by atoms with Crippen LogP contribution in [0.5, 0.6) is 5.75 Å². The highest BCUT2D eigenvalue weighted by atomic mass is 31.2. The summed E-state index contributed by atoms with van der Waals surface area (Å²) in [4.78, 5) is 0. The quantitative estimate of drug-likeness (QED) is 0.803. The van der Waals surface area contributed by atoms with Crippen molar-refractivity contribution in [3.63, 3.8) is 0 Å². The van der Waals surface area contributed by atoms with Crippen LogP contribution in [0.4, 0.5) is 0 Å². The van der Waals surface area contributed by atoms with Gasteiger partial charge in [0, 0.05) is 7.11 Å². The average Bonchev–Trinajstić information content (AvgIpc) is 2.49. The molecule has 0 aliphatic rings. The predicted molar refractivity (Wildman–Crippen MR) is 72.5 cm³/mol. The van der Waals surface area contributed by atoms with Crippen molar-refractivity contribution < 1.29 is 13.6 Å². The molecule has 2 aromatic rings. The van der Waals surface area contributed by atoms with Crippen LogP contribution in [0.3, 0.4) is 0 Å². The topological polar surface area (TPSA) is 59.3 Å². The predicted octanol–water partition coefficient (Wildman–Crippen LogP) is 3.10. The molecule has 2 rings (SSSR count). The zero-order valence-electron chi connectivity index (χ0n) is 10.3. The highest BCUT2D eigenvalue weighted by Gasteiger charge is 2.27. The Morgan fingerprint density at radius 2 is 1.68 bits per heavy atom. The van der Waals surface area contributed by atoms with E-state index in [1.165, 1.54) is 7.11 Å². The van der Waals surface area contributed by atoms with Crippen molar-refractivity contribution >= 4 is 12.9 Å². The number of nitriles is 1. The molecular formula is C14H12NO3P. The Labute approximate surface area is 111 Å². The molecule has 0 amide bonds. The molecule has 5 heteroatoms. The van der Waals surface area contributed by atoms with E-state index in [-0.39, 0.29) is 0 Å². The summed E-state index contributed by atoms with van der Waals surface area (Å²) >= 11 is 0. The number of nitrogens with zero attached hydrogens (tertiary/aromatic N) is 1. The molecule has 2 aromatic carbocycles. The maximum Gasteiger partial charge on any atom is 0.410 e. The van der Waals surface area contributed by atoms with E-state index in [1.54, 1.807) is 48.5 Å². The van der Waals surface area contributed by atoms with Gasteiger partial charge in [0.15, 0.2) is 0 Å². The van der Waals surface area contributed by atoms with Gasteiger partial charge in [-0.15, -0.1) is 0 Å². The van der Waals surface area contributed by atoms with Gasteiger partial charge in [0.25, 0.3) is 0 Å². The number of benzene rings is 2. The Bertz CT molecular complexity index is 632. The first-order valence-corrected chi connectivity index (χ1v) is 7.13. The fourth-order valence-corrected chi connectivity index (χ4v) is 2.86. The summed E-state index contributed by atoms with van der Waals surface area (Å²) in [7, 11) is -2.04. The molecule has 0 aromatic heterocycles. The fourth-order valence-electron chi connectivity index (χ4n) is 1.54. The second kappa shape index (κ2) is 5.71. The molecule has 0 N–H and O–H groups in total. The second-order valence-corrected chi connectivity index (χ2v) is 5.80. The van der Waals surface area contributed by atoms with Gasteiger partial charge in [0.05, 0.1) is 16.9 Å². The summed E-state index contributed by atoms with van der Waals surface area (Å²) in [6, 6.07) is 17.1. The SMILES string of the molecule is COP(=O)(Oc1ccc(C#N)cc1)c1ccccc1. The molecule has 1 unspecified atom stereocenters. The maximum absolute atomic E-state index is 12.6. The van der Waals surface area contributed by atoms with Crippen molar-refractivity contribution in [2.24, 2.45) is 0 Å². The van der Waals surface area contributed by atoms with E-state index in [0.717, 1.165) is 0 Å². The van der Waals surface area contributed by atoms with Gasteiger partial charge in [-0.25, -0.2) is 4.57 Å². The Kier molecular flexibility index (Phi) is 4.01. The number of hydrogen-bond acceptors (Lipinski definition) is 4. The maximum atomic E-state index is 12.6. The molecule has 0 aliphatic carbocycles. The lowest BCUT2D eigenvalue weighted by molar-refractivity contribution is 0.334. The lowest BCUT2D eigenvalue weighted by atomic mass is 10.2. The first-order chi connectivity index (χ1) is 9.18. The van der Waals surface area contributed by atoms with E-state index >= 15 is 0 Å². The van der Waals surface area contributed by atoms with E-state index in [2.05, 4.69) is 0 Å². The monoisotopic (exact) mass is 273 g/mol. The van der Waals surface area contributed by atoms with Gasteiger partial charge in [0.2, 0.25) is 0 Å². The van der Waals surface area contributed by atoms with Gasteiger partial charge < -0.3 is 4.52 Å². The van der Waals surface area contributed by atoms with E-state index in [9.17, 15) is 4.57 Å². The van der Waals surface area contributed by atoms with Crippen LogP contribution in [0.25, 0.3) is 0 Å². The minimum absolute atomic E-state index is 0.396. The summed E-state index contributed by atoms with van der Waals surface area (Å²) in [6.45, 7) is 0. The molecule has 0 saturated heterocycles. The van der Waals surface area contributed by atoms with E-state index in [0.29, 0.717) is 16.6 Å². The van der Waals surface area contributed by atoms with Crippen molar-refractivity contribution in [3.05, 3.63) is 60.2 Å². The molecule has 0 heterocycles. The van der Waals surface area contributed by atoms with Crippen LogP contribution in [0.15, 0.2) is 54.6 Å². The smallest absolute Gasteiger partial charge is 0.410 e. The van der Waals surface area contributed by atoms with Crippen LogP contribution >= 0.6 is 7.60 Å². The highest BCUT2D eigenvalue weighted by molar-refractivity contribution is 7.62. The fraction of sp³-hybridized carbons (Fsp3) is 0.0714. The van der Waals surface area contributed by atoms with Crippen LogP contribution < -0.4 is 9.83 Å². The summed E-state index contributed by atoms with van der Waals surface area (Å²) in [6.07, 6.45) is 0. The van der Waals surface area contributed by atoms with Crippen molar-refractivity contribution in [2.45, 2.75) is 0 Å². The van der Waals surface area contributed by atoms with Crippen LogP contribution in [-0.4, -0.2) is 7.11 Å². The lowest BCUT2D eigenvalue weighted by Crippen LogP contribution is -2.10. The van der Waals surface area contributed by atoms with Crippen LogP contribution in [0.1, 0.15) is 5.56 Å². The minimum Gasteiger partial charge on any atom is -0.421 e.